The molecular weight excluding hydrogens is 417 g/mol. The Labute approximate surface area is 185 Å². The summed E-state index contributed by atoms with van der Waals surface area (Å²) in [4.78, 5) is 32.5. The summed E-state index contributed by atoms with van der Waals surface area (Å²) in [7, 11) is 0. The van der Waals surface area contributed by atoms with E-state index in [-0.39, 0.29) is 11.9 Å². The van der Waals surface area contributed by atoms with E-state index < -0.39 is 5.82 Å². The Morgan fingerprint density at radius 2 is 1.94 bits per heavy atom. The first-order valence-corrected chi connectivity index (χ1v) is 10.7. The van der Waals surface area contributed by atoms with Crippen LogP contribution in [0.4, 0.5) is 4.39 Å². The second-order valence-electron chi connectivity index (χ2n) is 7.80. The van der Waals surface area contributed by atoms with Crippen LogP contribution in [0.15, 0.2) is 49.1 Å². The molecule has 4 rings (SSSR count). The molecule has 0 radical (unpaired) electrons. The smallest absolute Gasteiger partial charge is 0.254 e. The molecule has 1 aromatic carbocycles. The van der Waals surface area contributed by atoms with Crippen LogP contribution in [-0.2, 0) is 6.42 Å². The number of benzene rings is 1. The van der Waals surface area contributed by atoms with Crippen molar-refractivity contribution in [3.8, 4) is 11.4 Å². The average molecular weight is 440 g/mol. The largest absolute Gasteiger partial charge is 0.335 e. The van der Waals surface area contributed by atoms with Crippen molar-refractivity contribution in [1.82, 2.24) is 24.8 Å². The number of carbonyl (C=O) groups excluding carboxylic acids is 1. The van der Waals surface area contributed by atoms with Crippen LogP contribution in [0.25, 0.3) is 11.4 Å². The molecule has 3 heterocycles. The molecule has 6 nitrogen and oxygen atoms in total. The minimum absolute atomic E-state index is 0.0372. The number of hydrogen-bond acceptors (Lipinski definition) is 5. The molecule has 2 aromatic heterocycles. The van der Waals surface area contributed by atoms with Gasteiger partial charge >= 0.3 is 0 Å². The molecule has 0 unspecified atom stereocenters. The van der Waals surface area contributed by atoms with Crippen LogP contribution in [0, 0.1) is 11.7 Å². The van der Waals surface area contributed by atoms with Crippen molar-refractivity contribution in [1.29, 1.82) is 0 Å². The van der Waals surface area contributed by atoms with Gasteiger partial charge in [-0.05, 0) is 49.4 Å². The minimum Gasteiger partial charge on any atom is -0.335 e. The fourth-order valence-electron chi connectivity index (χ4n) is 4.17. The van der Waals surface area contributed by atoms with Crippen LogP contribution in [0.3, 0.4) is 0 Å². The molecule has 0 saturated carbocycles. The van der Waals surface area contributed by atoms with E-state index in [9.17, 15) is 9.18 Å². The van der Waals surface area contributed by atoms with Gasteiger partial charge in [0.2, 0.25) is 0 Å². The summed E-state index contributed by atoms with van der Waals surface area (Å²) in [5.74, 6) is 0.816. The molecule has 1 amide bonds. The van der Waals surface area contributed by atoms with Gasteiger partial charge in [0.25, 0.3) is 5.91 Å². The number of likely N-dealkylation sites (tertiary alicyclic amines) is 1. The second-order valence-corrected chi connectivity index (χ2v) is 8.24. The number of aryl methyl sites for hydroxylation is 1. The third-order valence-corrected chi connectivity index (χ3v) is 5.93. The zero-order valence-corrected chi connectivity index (χ0v) is 18.0. The zero-order valence-electron chi connectivity index (χ0n) is 17.2. The molecule has 3 aromatic rings. The first kappa shape index (κ1) is 21.3. The molecule has 0 aliphatic carbocycles. The summed E-state index contributed by atoms with van der Waals surface area (Å²) in [6, 6.07) is 5.89. The maximum absolute atomic E-state index is 14.0. The van der Waals surface area contributed by atoms with Gasteiger partial charge in [0, 0.05) is 49.4 Å². The monoisotopic (exact) mass is 439 g/mol. The maximum Gasteiger partial charge on any atom is 0.254 e. The summed E-state index contributed by atoms with van der Waals surface area (Å²) in [6.45, 7) is 2.82. The van der Waals surface area contributed by atoms with Gasteiger partial charge in [-0.25, -0.2) is 24.3 Å². The molecule has 0 N–H and O–H groups in total. The summed E-state index contributed by atoms with van der Waals surface area (Å²) in [5.41, 5.74) is 0.818. The fraction of sp³-hybridized carbons (Fsp3) is 0.348. The highest BCUT2D eigenvalue weighted by Crippen LogP contribution is 2.30. The quantitative estimate of drug-likeness (QED) is 0.581. The molecular formula is C23H23ClFN5O. The zero-order chi connectivity index (χ0) is 21.8. The molecule has 160 valence electrons. The molecule has 1 aliphatic heterocycles. The average Bonchev–Trinajstić information content (AvgIpc) is 2.79. The molecule has 1 fully saturated rings. The van der Waals surface area contributed by atoms with Crippen LogP contribution in [0.2, 0.25) is 5.02 Å². The third-order valence-electron chi connectivity index (χ3n) is 5.73. The summed E-state index contributed by atoms with van der Waals surface area (Å²) in [6.07, 6.45) is 9.70. The summed E-state index contributed by atoms with van der Waals surface area (Å²) in [5, 5.41) is 0.499. The lowest BCUT2D eigenvalue weighted by molar-refractivity contribution is 0.0499. The van der Waals surface area contributed by atoms with E-state index in [0.29, 0.717) is 46.7 Å². The maximum atomic E-state index is 14.0. The van der Waals surface area contributed by atoms with Gasteiger partial charge in [-0.2, -0.15) is 0 Å². The number of piperidine rings is 1. The Morgan fingerprint density at radius 1 is 1.19 bits per heavy atom. The number of halogens is 2. The standard InChI is InChI=1S/C23H23ClFN5O/c1-15-4-2-11-30(20(15)7-8-21-28-13-16(24)14-29-21)23(31)18-6-5-17(25)12-19(18)22-26-9-3-10-27-22/h3,5-6,9-10,12-15,20H,2,4,7-8,11H2,1H3/t15-,20-/m1/s1. The Balaban J connectivity index is 1.61. The van der Waals surface area contributed by atoms with Gasteiger partial charge in [-0.1, -0.05) is 18.5 Å². The lowest BCUT2D eigenvalue weighted by Crippen LogP contribution is -2.48. The van der Waals surface area contributed by atoms with Crippen molar-refractivity contribution >= 4 is 17.5 Å². The van der Waals surface area contributed by atoms with Crippen molar-refractivity contribution in [2.75, 3.05) is 6.54 Å². The molecule has 1 saturated heterocycles. The number of hydrogen-bond donors (Lipinski definition) is 0. The van der Waals surface area contributed by atoms with Gasteiger partial charge in [0.05, 0.1) is 10.6 Å². The molecule has 31 heavy (non-hydrogen) atoms. The summed E-state index contributed by atoms with van der Waals surface area (Å²) < 4.78 is 14.0. The van der Waals surface area contributed by atoms with Gasteiger partial charge in [-0.15, -0.1) is 0 Å². The van der Waals surface area contributed by atoms with Crippen LogP contribution in [0.1, 0.15) is 42.4 Å². The number of carbonyl (C=O) groups is 1. The molecule has 2 atom stereocenters. The molecule has 1 aliphatic rings. The Kier molecular flexibility index (Phi) is 6.51. The highest BCUT2D eigenvalue weighted by molar-refractivity contribution is 6.30. The van der Waals surface area contributed by atoms with Crippen LogP contribution in [0.5, 0.6) is 0 Å². The molecule has 8 heteroatoms. The highest BCUT2D eigenvalue weighted by atomic mass is 35.5. The SMILES string of the molecule is C[C@@H]1CCCN(C(=O)c2ccc(F)cc2-c2ncccn2)[C@@H]1CCc1ncc(Cl)cn1. The second kappa shape index (κ2) is 9.47. The topological polar surface area (TPSA) is 71.9 Å². The predicted octanol–water partition coefficient (Wildman–Crippen LogP) is 4.60. The normalized spacial score (nSPS) is 18.7. The van der Waals surface area contributed by atoms with Gasteiger partial charge in [-0.3, -0.25) is 4.79 Å². The lowest BCUT2D eigenvalue weighted by atomic mass is 9.87. The van der Waals surface area contributed by atoms with E-state index in [2.05, 4.69) is 26.9 Å². The number of aromatic nitrogens is 4. The van der Waals surface area contributed by atoms with Gasteiger partial charge < -0.3 is 4.90 Å². The van der Waals surface area contributed by atoms with E-state index in [0.717, 1.165) is 19.3 Å². The van der Waals surface area contributed by atoms with Crippen molar-refractivity contribution in [2.24, 2.45) is 5.92 Å². The van der Waals surface area contributed by atoms with E-state index in [4.69, 9.17) is 11.6 Å². The minimum atomic E-state index is -0.428. The van der Waals surface area contributed by atoms with Crippen LogP contribution >= 0.6 is 11.6 Å². The molecule has 0 bridgehead atoms. The van der Waals surface area contributed by atoms with E-state index >= 15 is 0 Å². The van der Waals surface area contributed by atoms with Crippen molar-refractivity contribution in [2.45, 2.75) is 38.6 Å². The van der Waals surface area contributed by atoms with Crippen LogP contribution in [-0.4, -0.2) is 43.3 Å². The Bertz CT molecular complexity index is 1050. The number of nitrogens with zero attached hydrogens (tertiary/aromatic N) is 5. The number of amides is 1. The van der Waals surface area contributed by atoms with E-state index in [1.54, 1.807) is 30.9 Å². The predicted molar refractivity (Wildman–Crippen MR) is 116 cm³/mol. The Hall–Kier alpha value is -2.93. The third kappa shape index (κ3) is 4.88. The highest BCUT2D eigenvalue weighted by Gasteiger charge is 2.33. The Morgan fingerprint density at radius 3 is 2.68 bits per heavy atom. The fourth-order valence-corrected chi connectivity index (χ4v) is 4.27. The van der Waals surface area contributed by atoms with Gasteiger partial charge in [0.15, 0.2) is 5.82 Å². The first-order valence-electron chi connectivity index (χ1n) is 10.4. The van der Waals surface area contributed by atoms with E-state index in [1.807, 2.05) is 4.90 Å². The van der Waals surface area contributed by atoms with Crippen molar-refractivity contribution in [3.05, 3.63) is 71.3 Å². The molecule has 0 spiro atoms. The number of rotatable bonds is 5. The van der Waals surface area contributed by atoms with Crippen molar-refractivity contribution < 1.29 is 9.18 Å². The van der Waals surface area contributed by atoms with E-state index in [1.165, 1.54) is 18.2 Å². The summed E-state index contributed by atoms with van der Waals surface area (Å²) >= 11 is 5.88. The lowest BCUT2D eigenvalue weighted by Gasteiger charge is -2.40. The van der Waals surface area contributed by atoms with Crippen LogP contribution < -0.4 is 0 Å². The van der Waals surface area contributed by atoms with Gasteiger partial charge in [0.1, 0.15) is 11.6 Å². The van der Waals surface area contributed by atoms with Crippen molar-refractivity contribution in [3.63, 3.8) is 0 Å². The first-order chi connectivity index (χ1) is 15.0.